The number of aryl methyl sites for hydroxylation is 1. The molecule has 5 nitrogen and oxygen atoms in total. The normalized spacial score (nSPS) is 11.2. The summed E-state index contributed by atoms with van der Waals surface area (Å²) < 4.78 is 7.51. The van der Waals surface area contributed by atoms with Crippen molar-refractivity contribution < 1.29 is 4.74 Å². The zero-order valence-electron chi connectivity index (χ0n) is 11.3. The number of benzene rings is 1. The molecule has 0 saturated carbocycles. The molecule has 0 fully saturated rings. The van der Waals surface area contributed by atoms with Gasteiger partial charge in [-0.05, 0) is 49.3 Å². The Balaban J connectivity index is 2.18. The van der Waals surface area contributed by atoms with Crippen molar-refractivity contribution in [3.63, 3.8) is 0 Å². The molecule has 2 rings (SSSR count). The van der Waals surface area contributed by atoms with Crippen molar-refractivity contribution in [1.29, 1.82) is 0 Å². The first-order valence-corrected chi connectivity index (χ1v) is 7.01. The van der Waals surface area contributed by atoms with Gasteiger partial charge in [0, 0.05) is 0 Å². The molecule has 0 saturated heterocycles. The van der Waals surface area contributed by atoms with Gasteiger partial charge in [-0.1, -0.05) is 18.5 Å². The lowest BCUT2D eigenvalue weighted by molar-refractivity contribution is 0.317. The summed E-state index contributed by atoms with van der Waals surface area (Å²) >= 11 is 11.2. The van der Waals surface area contributed by atoms with Gasteiger partial charge in [-0.3, -0.25) is 5.10 Å². The minimum Gasteiger partial charge on any atom is -0.492 e. The van der Waals surface area contributed by atoms with Crippen LogP contribution in [0.25, 0.3) is 0 Å². The largest absolute Gasteiger partial charge is 0.492 e. The quantitative estimate of drug-likeness (QED) is 0.678. The Morgan fingerprint density at radius 3 is 2.95 bits per heavy atom. The second-order valence-electron chi connectivity index (χ2n) is 4.17. The molecule has 1 N–H and O–H groups in total. The second kappa shape index (κ2) is 6.67. The van der Waals surface area contributed by atoms with Crippen molar-refractivity contribution in [2.45, 2.75) is 20.3 Å². The molecule has 0 spiro atoms. The Labute approximate surface area is 127 Å². The highest BCUT2D eigenvalue weighted by Crippen LogP contribution is 2.25. The number of aromatic amines is 1. The van der Waals surface area contributed by atoms with Crippen LogP contribution < -0.4 is 4.74 Å². The maximum Gasteiger partial charge on any atom is 0.216 e. The number of nitrogens with one attached hydrogen (secondary N) is 1. The minimum absolute atomic E-state index is 0.452. The highest BCUT2D eigenvalue weighted by Gasteiger charge is 2.02. The summed E-state index contributed by atoms with van der Waals surface area (Å²) in [6.45, 7) is 4.51. The lowest BCUT2D eigenvalue weighted by Gasteiger charge is -2.06. The fraction of sp³-hybridized carbons (Fsp3) is 0.308. The molecule has 0 amide bonds. The highest BCUT2D eigenvalue weighted by molar-refractivity contribution is 7.71. The van der Waals surface area contributed by atoms with Gasteiger partial charge in [-0.25, -0.2) is 0 Å². The first-order valence-electron chi connectivity index (χ1n) is 6.22. The third-order valence-corrected chi connectivity index (χ3v) is 3.11. The number of hydrogen-bond donors (Lipinski definition) is 1. The fourth-order valence-electron chi connectivity index (χ4n) is 1.56. The van der Waals surface area contributed by atoms with E-state index in [1.54, 1.807) is 17.0 Å². The van der Waals surface area contributed by atoms with Gasteiger partial charge >= 0.3 is 0 Å². The Bertz CT molecular complexity index is 677. The fourth-order valence-corrected chi connectivity index (χ4v) is 2.03. The first kappa shape index (κ1) is 14.7. The predicted octanol–water partition coefficient (Wildman–Crippen LogP) is 3.57. The Kier molecular flexibility index (Phi) is 4.92. The summed E-state index contributed by atoms with van der Waals surface area (Å²) in [6, 6.07) is 5.52. The third-order valence-electron chi connectivity index (χ3n) is 2.55. The lowest BCUT2D eigenvalue weighted by Crippen LogP contribution is -1.97. The van der Waals surface area contributed by atoms with Crippen LogP contribution in [0, 0.1) is 11.7 Å². The molecule has 20 heavy (non-hydrogen) atoms. The molecule has 0 bridgehead atoms. The van der Waals surface area contributed by atoms with Crippen LogP contribution in [-0.4, -0.2) is 27.7 Å². The number of halogens is 1. The van der Waals surface area contributed by atoms with Crippen LogP contribution in [0.4, 0.5) is 0 Å². The first-order chi connectivity index (χ1) is 9.61. The van der Waals surface area contributed by atoms with E-state index in [1.165, 1.54) is 0 Å². The summed E-state index contributed by atoms with van der Waals surface area (Å²) in [5.41, 5.74) is 0.862. The van der Waals surface area contributed by atoms with E-state index in [0.717, 1.165) is 12.0 Å². The predicted molar refractivity (Wildman–Crippen MR) is 82.4 cm³/mol. The maximum absolute atomic E-state index is 6.16. The summed E-state index contributed by atoms with van der Waals surface area (Å²) in [7, 11) is 0. The molecule has 0 unspecified atom stereocenters. The average molecular weight is 311 g/mol. The van der Waals surface area contributed by atoms with Gasteiger partial charge in [0.15, 0.2) is 0 Å². The molecule has 7 heteroatoms. The molecule has 0 aliphatic carbocycles. The highest BCUT2D eigenvalue weighted by atomic mass is 35.5. The van der Waals surface area contributed by atoms with E-state index >= 15 is 0 Å². The number of nitrogens with zero attached hydrogens (tertiary/aromatic N) is 3. The topological polar surface area (TPSA) is 55.2 Å². The van der Waals surface area contributed by atoms with Crippen molar-refractivity contribution in [1.82, 2.24) is 14.9 Å². The number of hydrogen-bond acceptors (Lipinski definition) is 4. The van der Waals surface area contributed by atoms with Gasteiger partial charge in [0.05, 0.1) is 17.8 Å². The molecule has 0 radical (unpaired) electrons. The van der Waals surface area contributed by atoms with E-state index < -0.39 is 0 Å². The van der Waals surface area contributed by atoms with Crippen molar-refractivity contribution >= 4 is 30.0 Å². The molecular formula is C13H15ClN4OS. The van der Waals surface area contributed by atoms with Crippen LogP contribution in [-0.2, 0) is 0 Å². The molecule has 2 aromatic rings. The van der Waals surface area contributed by atoms with Crippen molar-refractivity contribution in [3.8, 4) is 5.75 Å². The zero-order chi connectivity index (χ0) is 14.5. The minimum atomic E-state index is 0.452. The SMILES string of the molecule is CCCOc1ccc(/C=N\n2c(C)n[nH]c2=S)cc1Cl. The van der Waals surface area contributed by atoms with Crippen LogP contribution in [0.2, 0.25) is 5.02 Å². The van der Waals surface area contributed by atoms with Gasteiger partial charge in [0.1, 0.15) is 11.6 Å². The van der Waals surface area contributed by atoms with Crippen LogP contribution in [0.5, 0.6) is 5.75 Å². The number of H-pyrrole nitrogens is 1. The number of rotatable bonds is 5. The van der Waals surface area contributed by atoms with E-state index in [0.29, 0.717) is 28.0 Å². The van der Waals surface area contributed by atoms with Gasteiger partial charge in [-0.15, -0.1) is 0 Å². The zero-order valence-corrected chi connectivity index (χ0v) is 12.8. The summed E-state index contributed by atoms with van der Waals surface area (Å²) in [5.74, 6) is 1.38. The average Bonchev–Trinajstić information content (AvgIpc) is 2.75. The van der Waals surface area contributed by atoms with Crippen LogP contribution in [0.15, 0.2) is 23.3 Å². The molecular weight excluding hydrogens is 296 g/mol. The van der Waals surface area contributed by atoms with Gasteiger partial charge in [0.2, 0.25) is 4.77 Å². The Hall–Kier alpha value is -1.66. The summed E-state index contributed by atoms with van der Waals surface area (Å²) in [4.78, 5) is 0. The summed E-state index contributed by atoms with van der Waals surface area (Å²) in [6.07, 6.45) is 2.62. The molecule has 1 heterocycles. The summed E-state index contributed by atoms with van der Waals surface area (Å²) in [5, 5.41) is 11.5. The van der Waals surface area contributed by atoms with E-state index in [4.69, 9.17) is 28.6 Å². The van der Waals surface area contributed by atoms with E-state index in [2.05, 4.69) is 15.3 Å². The van der Waals surface area contributed by atoms with Gasteiger partial charge < -0.3 is 4.74 Å². The standard InChI is InChI=1S/C13H15ClN4OS/c1-3-6-19-12-5-4-10(7-11(12)14)8-15-18-9(2)16-17-13(18)20/h4-5,7-8H,3,6H2,1-2H3,(H,17,20)/b15-8-. The second-order valence-corrected chi connectivity index (χ2v) is 4.96. The van der Waals surface area contributed by atoms with Gasteiger partial charge in [-0.2, -0.15) is 14.9 Å². The van der Waals surface area contributed by atoms with E-state index in [9.17, 15) is 0 Å². The molecule has 0 atom stereocenters. The monoisotopic (exact) mass is 310 g/mol. The molecule has 0 aliphatic rings. The molecule has 1 aromatic heterocycles. The van der Waals surface area contributed by atoms with E-state index in [1.807, 2.05) is 26.0 Å². The third kappa shape index (κ3) is 3.46. The molecule has 1 aromatic carbocycles. The number of aromatic nitrogens is 3. The van der Waals surface area contributed by atoms with Crippen LogP contribution in [0.1, 0.15) is 24.7 Å². The maximum atomic E-state index is 6.16. The molecule has 0 aliphatic heterocycles. The Morgan fingerprint density at radius 2 is 2.35 bits per heavy atom. The van der Waals surface area contributed by atoms with E-state index in [-0.39, 0.29) is 0 Å². The smallest absolute Gasteiger partial charge is 0.216 e. The van der Waals surface area contributed by atoms with Crippen molar-refractivity contribution in [2.24, 2.45) is 5.10 Å². The number of ether oxygens (including phenoxy) is 1. The lowest BCUT2D eigenvalue weighted by atomic mass is 10.2. The molecule has 106 valence electrons. The Morgan fingerprint density at radius 1 is 1.55 bits per heavy atom. The van der Waals surface area contributed by atoms with Gasteiger partial charge in [0.25, 0.3) is 0 Å². The van der Waals surface area contributed by atoms with Crippen LogP contribution >= 0.6 is 23.8 Å². The van der Waals surface area contributed by atoms with Crippen molar-refractivity contribution in [2.75, 3.05) is 6.61 Å². The van der Waals surface area contributed by atoms with Crippen LogP contribution in [0.3, 0.4) is 0 Å². The van der Waals surface area contributed by atoms with Crippen molar-refractivity contribution in [3.05, 3.63) is 39.4 Å².